The molecule has 1 atom stereocenters. The largest absolute Gasteiger partial charge is 0.451 e. The Morgan fingerprint density at radius 1 is 1.11 bits per heavy atom. The molecule has 0 aliphatic rings. The Morgan fingerprint density at radius 3 is 2.50 bits per heavy atom. The van der Waals surface area contributed by atoms with Crippen molar-refractivity contribution >= 4 is 23.2 Å². The molecule has 28 heavy (non-hydrogen) atoms. The molecule has 0 spiro atoms. The van der Waals surface area contributed by atoms with E-state index in [1.54, 1.807) is 5.38 Å². The first kappa shape index (κ1) is 19.8. The molecule has 0 unspecified atom stereocenters. The fourth-order valence-corrected chi connectivity index (χ4v) is 3.49. The van der Waals surface area contributed by atoms with Crippen LogP contribution in [0, 0.1) is 0 Å². The van der Waals surface area contributed by atoms with Crippen molar-refractivity contribution in [2.45, 2.75) is 26.3 Å². The maximum Gasteiger partial charge on any atom is 0.358 e. The van der Waals surface area contributed by atoms with Crippen LogP contribution in [-0.4, -0.2) is 23.5 Å². The lowest BCUT2D eigenvalue weighted by Gasteiger charge is -2.14. The summed E-state index contributed by atoms with van der Waals surface area (Å²) in [4.78, 5) is 28.6. The fourth-order valence-electron chi connectivity index (χ4n) is 2.69. The second-order valence-electron chi connectivity index (χ2n) is 6.36. The third-order valence-electron chi connectivity index (χ3n) is 4.33. The van der Waals surface area contributed by atoms with Gasteiger partial charge in [-0.25, -0.2) is 9.78 Å². The molecular weight excluding hydrogens is 372 g/mol. The quantitative estimate of drug-likeness (QED) is 0.603. The Bertz CT molecular complexity index is 936. The number of nitrogens with zero attached hydrogens (tertiary/aromatic N) is 1. The van der Waals surface area contributed by atoms with E-state index in [2.05, 4.69) is 17.2 Å². The van der Waals surface area contributed by atoms with Gasteiger partial charge in [0.1, 0.15) is 5.01 Å². The molecule has 0 saturated heterocycles. The Hall–Kier alpha value is -2.99. The molecule has 2 aromatic carbocycles. The first-order chi connectivity index (χ1) is 13.6. The van der Waals surface area contributed by atoms with Crippen molar-refractivity contribution < 1.29 is 14.3 Å². The number of hydrogen-bond donors (Lipinski definition) is 1. The van der Waals surface area contributed by atoms with Crippen LogP contribution in [0.3, 0.4) is 0 Å². The number of thiazole rings is 1. The van der Waals surface area contributed by atoms with Crippen molar-refractivity contribution in [2.24, 2.45) is 0 Å². The molecule has 144 valence electrons. The van der Waals surface area contributed by atoms with Crippen LogP contribution in [0.4, 0.5) is 0 Å². The highest BCUT2D eigenvalue weighted by molar-refractivity contribution is 7.13. The number of aryl methyl sites for hydroxylation is 1. The Labute approximate surface area is 168 Å². The summed E-state index contributed by atoms with van der Waals surface area (Å²) in [6, 6.07) is 17.5. The van der Waals surface area contributed by atoms with Gasteiger partial charge in [-0.15, -0.1) is 11.3 Å². The van der Waals surface area contributed by atoms with E-state index in [1.165, 1.54) is 16.9 Å². The van der Waals surface area contributed by atoms with Gasteiger partial charge >= 0.3 is 5.97 Å². The lowest BCUT2D eigenvalue weighted by molar-refractivity contribution is -0.124. The molecule has 1 N–H and O–H groups in total. The Kier molecular flexibility index (Phi) is 6.55. The number of benzene rings is 2. The number of esters is 1. The fraction of sp³-hybridized carbons (Fsp3) is 0.227. The van der Waals surface area contributed by atoms with Crippen molar-refractivity contribution in [3.63, 3.8) is 0 Å². The van der Waals surface area contributed by atoms with Crippen molar-refractivity contribution in [1.29, 1.82) is 0 Å². The molecule has 0 radical (unpaired) electrons. The molecule has 0 aliphatic carbocycles. The summed E-state index contributed by atoms with van der Waals surface area (Å²) in [5.41, 5.74) is 3.39. The van der Waals surface area contributed by atoms with Crippen LogP contribution < -0.4 is 5.32 Å². The molecule has 3 aromatic rings. The van der Waals surface area contributed by atoms with Crippen LogP contribution >= 0.6 is 11.3 Å². The number of aromatic nitrogens is 1. The van der Waals surface area contributed by atoms with Gasteiger partial charge in [0.05, 0.1) is 6.04 Å². The van der Waals surface area contributed by atoms with Gasteiger partial charge in [-0.2, -0.15) is 0 Å². The number of carbonyl (C=O) groups excluding carboxylic acids is 2. The van der Waals surface area contributed by atoms with E-state index in [0.29, 0.717) is 0 Å². The van der Waals surface area contributed by atoms with Gasteiger partial charge in [-0.3, -0.25) is 4.79 Å². The summed E-state index contributed by atoms with van der Waals surface area (Å²) >= 11 is 1.36. The summed E-state index contributed by atoms with van der Waals surface area (Å²) in [5.74, 6) is -0.951. The summed E-state index contributed by atoms with van der Waals surface area (Å²) in [7, 11) is 0. The highest BCUT2D eigenvalue weighted by Gasteiger charge is 2.16. The van der Waals surface area contributed by atoms with Crippen molar-refractivity contribution in [3.05, 3.63) is 76.8 Å². The summed E-state index contributed by atoms with van der Waals surface area (Å²) in [5, 5.41) is 5.21. The molecule has 0 saturated carbocycles. The number of hydrogen-bond acceptors (Lipinski definition) is 5. The molecule has 3 rings (SSSR count). The first-order valence-electron chi connectivity index (χ1n) is 9.13. The highest BCUT2D eigenvalue weighted by Crippen LogP contribution is 2.23. The summed E-state index contributed by atoms with van der Waals surface area (Å²) in [6.07, 6.45) is 0.972. The Morgan fingerprint density at radius 2 is 1.82 bits per heavy atom. The molecule has 0 fully saturated rings. The maximum absolute atomic E-state index is 12.2. The smallest absolute Gasteiger partial charge is 0.358 e. The van der Waals surface area contributed by atoms with Gasteiger partial charge in [0.2, 0.25) is 0 Å². The predicted octanol–water partition coefficient (Wildman–Crippen LogP) is 4.41. The van der Waals surface area contributed by atoms with E-state index in [9.17, 15) is 9.59 Å². The zero-order valence-corrected chi connectivity index (χ0v) is 16.7. The van der Waals surface area contributed by atoms with Crippen LogP contribution in [0.15, 0.2) is 60.0 Å². The molecule has 1 heterocycles. The van der Waals surface area contributed by atoms with Gasteiger partial charge < -0.3 is 10.1 Å². The minimum Gasteiger partial charge on any atom is -0.451 e. The van der Waals surface area contributed by atoms with Gasteiger partial charge in [0, 0.05) is 10.9 Å². The van der Waals surface area contributed by atoms with Gasteiger partial charge in [-0.1, -0.05) is 61.5 Å². The molecule has 1 amide bonds. The number of rotatable bonds is 7. The highest BCUT2D eigenvalue weighted by atomic mass is 32.1. The number of ether oxygens (including phenoxy) is 1. The maximum atomic E-state index is 12.2. The molecule has 0 aliphatic heterocycles. The lowest BCUT2D eigenvalue weighted by Crippen LogP contribution is -2.31. The zero-order valence-electron chi connectivity index (χ0n) is 15.8. The normalized spacial score (nSPS) is 11.6. The standard InChI is InChI=1S/C22H22N2O3S/c1-3-16-9-11-17(12-10-16)15(2)23-20(25)13-27-22(26)19-14-28-21(24-19)18-7-5-4-6-8-18/h4-12,14-15H,3,13H2,1-2H3,(H,23,25)/t15-/m1/s1. The second kappa shape index (κ2) is 9.28. The minimum atomic E-state index is -0.603. The van der Waals surface area contributed by atoms with E-state index in [1.807, 2.05) is 61.5 Å². The number of amides is 1. The molecule has 1 aromatic heterocycles. The number of carbonyl (C=O) groups is 2. The SMILES string of the molecule is CCc1ccc([C@@H](C)NC(=O)COC(=O)c2csc(-c3ccccc3)n2)cc1. The van der Waals surface area contributed by atoms with E-state index in [-0.39, 0.29) is 24.2 Å². The van der Waals surface area contributed by atoms with Crippen molar-refractivity contribution in [1.82, 2.24) is 10.3 Å². The average molecular weight is 394 g/mol. The van der Waals surface area contributed by atoms with Crippen LogP contribution in [-0.2, 0) is 16.0 Å². The summed E-state index contributed by atoms with van der Waals surface area (Å²) in [6.45, 7) is 3.65. The average Bonchev–Trinajstić information content (AvgIpc) is 3.23. The lowest BCUT2D eigenvalue weighted by atomic mass is 10.1. The minimum absolute atomic E-state index is 0.166. The van der Waals surface area contributed by atoms with Crippen LogP contribution in [0.5, 0.6) is 0 Å². The van der Waals surface area contributed by atoms with Crippen molar-refractivity contribution in [3.8, 4) is 10.6 Å². The summed E-state index contributed by atoms with van der Waals surface area (Å²) < 4.78 is 5.11. The second-order valence-corrected chi connectivity index (χ2v) is 7.22. The van der Waals surface area contributed by atoms with Crippen LogP contribution in [0.2, 0.25) is 0 Å². The first-order valence-corrected chi connectivity index (χ1v) is 10.0. The molecule has 5 nitrogen and oxygen atoms in total. The van der Waals surface area contributed by atoms with E-state index >= 15 is 0 Å². The third kappa shape index (κ3) is 5.04. The van der Waals surface area contributed by atoms with Crippen LogP contribution in [0.1, 0.15) is 41.5 Å². The van der Waals surface area contributed by atoms with Crippen molar-refractivity contribution in [2.75, 3.05) is 6.61 Å². The van der Waals surface area contributed by atoms with Crippen LogP contribution in [0.25, 0.3) is 10.6 Å². The molecule has 0 bridgehead atoms. The Balaban J connectivity index is 1.51. The topological polar surface area (TPSA) is 68.3 Å². The van der Waals surface area contributed by atoms with Gasteiger partial charge in [0.25, 0.3) is 5.91 Å². The van der Waals surface area contributed by atoms with Gasteiger partial charge in [-0.05, 0) is 24.5 Å². The van der Waals surface area contributed by atoms with E-state index in [4.69, 9.17) is 4.74 Å². The predicted molar refractivity (Wildman–Crippen MR) is 110 cm³/mol. The monoisotopic (exact) mass is 394 g/mol. The third-order valence-corrected chi connectivity index (χ3v) is 5.23. The number of nitrogens with one attached hydrogen (secondary N) is 1. The van der Waals surface area contributed by atoms with E-state index < -0.39 is 5.97 Å². The molecule has 6 heteroatoms. The zero-order chi connectivity index (χ0) is 19.9. The van der Waals surface area contributed by atoms with E-state index in [0.717, 1.165) is 22.6 Å². The van der Waals surface area contributed by atoms with Gasteiger partial charge in [0.15, 0.2) is 12.3 Å². The molecular formula is C22H22N2O3S.